The molecule has 0 bridgehead atoms. The summed E-state index contributed by atoms with van der Waals surface area (Å²) in [6.07, 6.45) is -0.522. The molecule has 0 aliphatic heterocycles. The average molecular weight is 243 g/mol. The summed E-state index contributed by atoms with van der Waals surface area (Å²) in [4.78, 5) is 0. The van der Waals surface area contributed by atoms with Crippen LogP contribution in [-0.4, -0.2) is 23.2 Å². The molecule has 2 atom stereocenters. The number of halogens is 2. The fraction of sp³-hybridized carbons (Fsp3) is 0.500. The third kappa shape index (κ3) is 2.66. The molecular formula is C12H15F2NO2. The second kappa shape index (κ2) is 4.49. The molecule has 0 amide bonds. The molecule has 1 fully saturated rings. The zero-order valence-electron chi connectivity index (χ0n) is 9.27. The van der Waals surface area contributed by atoms with Crippen LogP contribution in [0.2, 0.25) is 0 Å². The Hall–Kier alpha value is -1.36. The Labute approximate surface area is 98.2 Å². The highest BCUT2D eigenvalue weighted by Gasteiger charge is 2.47. The van der Waals surface area contributed by atoms with E-state index in [4.69, 9.17) is 15.6 Å². The molecule has 1 aliphatic carbocycles. The first-order valence-corrected chi connectivity index (χ1v) is 5.58. The first-order valence-electron chi connectivity index (χ1n) is 5.58. The highest BCUT2D eigenvalue weighted by atomic mass is 19.3. The molecule has 1 aromatic rings. The molecule has 1 aliphatic rings. The summed E-state index contributed by atoms with van der Waals surface area (Å²) in [5.41, 5.74) is 5.68. The van der Waals surface area contributed by atoms with Crippen molar-refractivity contribution >= 4 is 0 Å². The van der Waals surface area contributed by atoms with Crippen molar-refractivity contribution in [1.82, 2.24) is 0 Å². The van der Waals surface area contributed by atoms with Gasteiger partial charge in [0.2, 0.25) is 0 Å². The van der Waals surface area contributed by atoms with Gasteiger partial charge in [-0.2, -0.15) is 0 Å². The molecule has 0 saturated heterocycles. The lowest BCUT2D eigenvalue weighted by Crippen LogP contribution is -2.53. The number of rotatable bonds is 2. The minimum absolute atomic E-state index is 0.0667. The van der Waals surface area contributed by atoms with Gasteiger partial charge in [-0.1, -0.05) is 0 Å². The van der Waals surface area contributed by atoms with Crippen molar-refractivity contribution in [2.24, 2.45) is 5.73 Å². The van der Waals surface area contributed by atoms with E-state index in [1.165, 1.54) is 24.3 Å². The fourth-order valence-electron chi connectivity index (χ4n) is 2.03. The van der Waals surface area contributed by atoms with Crippen molar-refractivity contribution in [3.63, 3.8) is 0 Å². The number of hydrogen-bond donors (Lipinski definition) is 2. The van der Waals surface area contributed by atoms with E-state index < -0.39 is 18.1 Å². The third-order valence-corrected chi connectivity index (χ3v) is 2.95. The van der Waals surface area contributed by atoms with Crippen molar-refractivity contribution in [2.75, 3.05) is 0 Å². The van der Waals surface area contributed by atoms with Gasteiger partial charge in [-0.05, 0) is 37.1 Å². The SMILES string of the molecule is N[C@@H]1CCCC(F)(F)[C@@H]1Oc1ccc(O)cc1. The van der Waals surface area contributed by atoms with E-state index in [2.05, 4.69) is 0 Å². The summed E-state index contributed by atoms with van der Waals surface area (Å²) < 4.78 is 32.5. The van der Waals surface area contributed by atoms with Crippen LogP contribution in [0.25, 0.3) is 0 Å². The van der Waals surface area contributed by atoms with E-state index >= 15 is 0 Å². The van der Waals surface area contributed by atoms with Crippen LogP contribution >= 0.6 is 0 Å². The predicted molar refractivity (Wildman–Crippen MR) is 59.3 cm³/mol. The summed E-state index contributed by atoms with van der Waals surface area (Å²) in [5.74, 6) is -2.53. The molecule has 0 spiro atoms. The fourth-order valence-corrected chi connectivity index (χ4v) is 2.03. The predicted octanol–water partition coefficient (Wildman–Crippen LogP) is 2.29. The van der Waals surface area contributed by atoms with E-state index in [-0.39, 0.29) is 12.2 Å². The van der Waals surface area contributed by atoms with E-state index in [1.54, 1.807) is 0 Å². The number of nitrogens with two attached hydrogens (primary N) is 1. The Kier molecular flexibility index (Phi) is 3.19. The summed E-state index contributed by atoms with van der Waals surface area (Å²) in [6, 6.07) is 5.02. The topological polar surface area (TPSA) is 55.5 Å². The Bertz CT molecular complexity index is 381. The quantitative estimate of drug-likeness (QED) is 0.837. The van der Waals surface area contributed by atoms with Gasteiger partial charge >= 0.3 is 0 Å². The lowest BCUT2D eigenvalue weighted by Gasteiger charge is -2.35. The second-order valence-corrected chi connectivity index (χ2v) is 4.35. The van der Waals surface area contributed by atoms with Gasteiger partial charge in [0.15, 0.2) is 6.10 Å². The Morgan fingerprint density at radius 2 is 1.94 bits per heavy atom. The van der Waals surface area contributed by atoms with E-state index in [9.17, 15) is 8.78 Å². The number of aromatic hydroxyl groups is 1. The average Bonchev–Trinajstić information content (AvgIpc) is 2.26. The number of benzene rings is 1. The minimum Gasteiger partial charge on any atom is -0.508 e. The Balaban J connectivity index is 2.12. The summed E-state index contributed by atoms with van der Waals surface area (Å²) in [6.45, 7) is 0. The van der Waals surface area contributed by atoms with E-state index in [0.717, 1.165) is 0 Å². The van der Waals surface area contributed by atoms with Gasteiger partial charge in [-0.3, -0.25) is 0 Å². The van der Waals surface area contributed by atoms with Crippen molar-refractivity contribution < 1.29 is 18.6 Å². The second-order valence-electron chi connectivity index (χ2n) is 4.35. The van der Waals surface area contributed by atoms with Crippen molar-refractivity contribution in [2.45, 2.75) is 37.3 Å². The normalized spacial score (nSPS) is 27.7. The maximum atomic E-state index is 13.6. The van der Waals surface area contributed by atoms with Crippen molar-refractivity contribution in [3.8, 4) is 11.5 Å². The highest BCUT2D eigenvalue weighted by Crippen LogP contribution is 2.35. The Morgan fingerprint density at radius 1 is 1.29 bits per heavy atom. The van der Waals surface area contributed by atoms with Crippen LogP contribution in [0.5, 0.6) is 11.5 Å². The molecule has 0 aromatic heterocycles. The lowest BCUT2D eigenvalue weighted by atomic mass is 9.89. The zero-order valence-corrected chi connectivity index (χ0v) is 9.27. The van der Waals surface area contributed by atoms with Crippen LogP contribution in [0, 0.1) is 0 Å². The summed E-state index contributed by atoms with van der Waals surface area (Å²) in [5, 5.41) is 9.09. The van der Waals surface area contributed by atoms with Crippen LogP contribution in [0.1, 0.15) is 19.3 Å². The largest absolute Gasteiger partial charge is 0.508 e. The number of phenolic OH excluding ortho intramolecular Hbond substituents is 1. The lowest BCUT2D eigenvalue weighted by molar-refractivity contribution is -0.126. The smallest absolute Gasteiger partial charge is 0.285 e. The molecular weight excluding hydrogens is 228 g/mol. The van der Waals surface area contributed by atoms with Crippen molar-refractivity contribution in [1.29, 1.82) is 0 Å². The van der Waals surface area contributed by atoms with Crippen LogP contribution in [0.3, 0.4) is 0 Å². The molecule has 1 saturated carbocycles. The van der Waals surface area contributed by atoms with Gasteiger partial charge in [0, 0.05) is 12.5 Å². The number of phenols is 1. The molecule has 1 aromatic carbocycles. The molecule has 94 valence electrons. The van der Waals surface area contributed by atoms with Crippen LogP contribution in [-0.2, 0) is 0 Å². The molecule has 3 N–H and O–H groups in total. The molecule has 5 heteroatoms. The maximum Gasteiger partial charge on any atom is 0.285 e. The van der Waals surface area contributed by atoms with E-state index in [1.807, 2.05) is 0 Å². The number of alkyl halides is 2. The highest BCUT2D eigenvalue weighted by molar-refractivity contribution is 5.30. The van der Waals surface area contributed by atoms with Crippen LogP contribution in [0.4, 0.5) is 8.78 Å². The van der Waals surface area contributed by atoms with Crippen molar-refractivity contribution in [3.05, 3.63) is 24.3 Å². The Morgan fingerprint density at radius 3 is 2.53 bits per heavy atom. The number of hydrogen-bond acceptors (Lipinski definition) is 3. The monoisotopic (exact) mass is 243 g/mol. The van der Waals surface area contributed by atoms with Gasteiger partial charge in [0.1, 0.15) is 11.5 Å². The van der Waals surface area contributed by atoms with Gasteiger partial charge < -0.3 is 15.6 Å². The van der Waals surface area contributed by atoms with Crippen LogP contribution in [0.15, 0.2) is 24.3 Å². The summed E-state index contributed by atoms with van der Waals surface area (Å²) >= 11 is 0. The first kappa shape index (κ1) is 12.1. The van der Waals surface area contributed by atoms with Gasteiger partial charge in [-0.25, -0.2) is 8.78 Å². The maximum absolute atomic E-state index is 13.6. The standard InChI is InChI=1S/C12H15F2NO2/c13-12(14)7-1-2-10(15)11(12)17-9-5-3-8(16)4-6-9/h3-6,10-11,16H,1-2,7,15H2/t10-,11-/m1/s1. The molecule has 0 unspecified atom stereocenters. The van der Waals surface area contributed by atoms with Crippen LogP contribution < -0.4 is 10.5 Å². The molecule has 0 radical (unpaired) electrons. The first-order chi connectivity index (χ1) is 7.99. The summed E-state index contributed by atoms with van der Waals surface area (Å²) in [7, 11) is 0. The molecule has 3 nitrogen and oxygen atoms in total. The van der Waals surface area contributed by atoms with E-state index in [0.29, 0.717) is 18.6 Å². The van der Waals surface area contributed by atoms with Gasteiger partial charge in [0.05, 0.1) is 0 Å². The third-order valence-electron chi connectivity index (χ3n) is 2.95. The molecule has 2 rings (SSSR count). The van der Waals surface area contributed by atoms with Gasteiger partial charge in [0.25, 0.3) is 5.92 Å². The molecule has 0 heterocycles. The number of ether oxygens (including phenoxy) is 1. The zero-order chi connectivity index (χ0) is 12.5. The minimum atomic E-state index is -2.89. The van der Waals surface area contributed by atoms with Gasteiger partial charge in [-0.15, -0.1) is 0 Å². The molecule has 17 heavy (non-hydrogen) atoms.